The zero-order valence-corrected chi connectivity index (χ0v) is 25.5. The number of hydrogen-bond donors (Lipinski definition) is 0. The van der Waals surface area contributed by atoms with Crippen molar-refractivity contribution in [2.24, 2.45) is 9.98 Å². The molecule has 8 aromatic rings. The zero-order chi connectivity index (χ0) is 29.0. The van der Waals surface area contributed by atoms with Crippen LogP contribution >= 0.6 is 23.1 Å². The average Bonchev–Trinajstić information content (AvgIpc) is 3.70. The van der Waals surface area contributed by atoms with E-state index in [1.807, 2.05) is 23.1 Å². The highest BCUT2D eigenvalue weighted by Crippen LogP contribution is 2.53. The monoisotopic (exact) mass is 599 g/mol. The second kappa shape index (κ2) is 8.91. The van der Waals surface area contributed by atoms with Crippen molar-refractivity contribution < 1.29 is 0 Å². The summed E-state index contributed by atoms with van der Waals surface area (Å²) in [5.41, 5.74) is 5.32. The fourth-order valence-corrected chi connectivity index (χ4v) is 9.95. The molecular weight excluding hydrogens is 575 g/mol. The second-order valence-corrected chi connectivity index (χ2v) is 14.2. The number of benzene rings is 6. The number of thioether (sulfide) groups is 1. The molecule has 208 valence electrons. The van der Waals surface area contributed by atoms with E-state index in [0.717, 1.165) is 22.7 Å². The van der Waals surface area contributed by atoms with Crippen LogP contribution in [0.5, 0.6) is 0 Å². The number of aromatic nitrogens is 1. The van der Waals surface area contributed by atoms with E-state index in [2.05, 4.69) is 139 Å². The van der Waals surface area contributed by atoms with Crippen LogP contribution in [0.1, 0.15) is 18.1 Å². The van der Waals surface area contributed by atoms with Gasteiger partial charge < -0.3 is 0 Å². The van der Waals surface area contributed by atoms with E-state index in [-0.39, 0.29) is 5.25 Å². The van der Waals surface area contributed by atoms with Crippen molar-refractivity contribution in [3.05, 3.63) is 139 Å². The van der Waals surface area contributed by atoms with Gasteiger partial charge in [0.05, 0.1) is 22.0 Å². The maximum Gasteiger partial charge on any atom is 0.231 e. The number of para-hydroxylation sites is 1. The first-order valence-corrected chi connectivity index (χ1v) is 16.6. The Morgan fingerprint density at radius 3 is 2.27 bits per heavy atom. The fourth-order valence-electron chi connectivity index (χ4n) is 7.28. The molecule has 0 fully saturated rings. The van der Waals surface area contributed by atoms with Crippen LogP contribution in [0.15, 0.2) is 142 Å². The molecule has 0 amide bonds. The Balaban J connectivity index is 1.27. The fraction of sp³-hybridized carbons (Fsp3) is 0.0769. The van der Waals surface area contributed by atoms with Gasteiger partial charge in [-0.15, -0.1) is 23.1 Å². The molecule has 2 atom stereocenters. The van der Waals surface area contributed by atoms with Gasteiger partial charge in [0.2, 0.25) is 5.96 Å². The third kappa shape index (κ3) is 3.34. The molecule has 0 aliphatic carbocycles. The summed E-state index contributed by atoms with van der Waals surface area (Å²) in [6, 6.07) is 46.3. The summed E-state index contributed by atoms with van der Waals surface area (Å²) in [4.78, 5) is 12.4. The summed E-state index contributed by atoms with van der Waals surface area (Å²) in [5.74, 6) is 0.744. The van der Waals surface area contributed by atoms with Crippen LogP contribution in [-0.4, -0.2) is 21.5 Å². The van der Waals surface area contributed by atoms with Crippen LogP contribution in [0.25, 0.3) is 52.8 Å². The van der Waals surface area contributed by atoms with E-state index < -0.39 is 5.54 Å². The van der Waals surface area contributed by atoms with Gasteiger partial charge in [0.15, 0.2) is 0 Å². The summed E-state index contributed by atoms with van der Waals surface area (Å²) < 4.78 is 4.90. The molecule has 44 heavy (non-hydrogen) atoms. The Morgan fingerprint density at radius 1 is 0.636 bits per heavy atom. The average molecular weight is 600 g/mol. The van der Waals surface area contributed by atoms with Crippen LogP contribution in [0.3, 0.4) is 0 Å². The van der Waals surface area contributed by atoms with Crippen molar-refractivity contribution in [3.8, 4) is 0 Å². The first-order valence-electron chi connectivity index (χ1n) is 14.9. The number of thiophene rings is 1. The van der Waals surface area contributed by atoms with E-state index in [4.69, 9.17) is 9.98 Å². The van der Waals surface area contributed by atoms with E-state index >= 15 is 0 Å². The van der Waals surface area contributed by atoms with E-state index in [9.17, 15) is 0 Å². The Kier molecular flexibility index (Phi) is 5.00. The summed E-state index contributed by atoms with van der Waals surface area (Å²) in [5, 5.41) is 7.58. The first kappa shape index (κ1) is 24.7. The number of hydrogen-bond acceptors (Lipinski definition) is 4. The van der Waals surface area contributed by atoms with Crippen LogP contribution in [-0.2, 0) is 5.54 Å². The van der Waals surface area contributed by atoms with Crippen molar-refractivity contribution in [1.29, 1.82) is 0 Å². The molecular formula is C39H25N3S2. The molecule has 10 rings (SSSR count). The molecule has 0 N–H and O–H groups in total. The van der Waals surface area contributed by atoms with Crippen molar-refractivity contribution in [1.82, 2.24) is 4.57 Å². The van der Waals surface area contributed by atoms with Crippen molar-refractivity contribution >= 4 is 87.5 Å². The Labute approximate surface area is 262 Å². The lowest BCUT2D eigenvalue weighted by Crippen LogP contribution is -2.41. The highest BCUT2D eigenvalue weighted by Gasteiger charge is 2.49. The van der Waals surface area contributed by atoms with Gasteiger partial charge in [-0.2, -0.15) is 0 Å². The molecule has 6 aromatic carbocycles. The van der Waals surface area contributed by atoms with Crippen LogP contribution < -0.4 is 0 Å². The van der Waals surface area contributed by atoms with Crippen LogP contribution in [0.2, 0.25) is 0 Å². The molecule has 2 aliphatic heterocycles. The summed E-state index contributed by atoms with van der Waals surface area (Å²) in [7, 11) is 0. The predicted molar refractivity (Wildman–Crippen MR) is 189 cm³/mol. The maximum absolute atomic E-state index is 5.59. The van der Waals surface area contributed by atoms with Gasteiger partial charge in [0.25, 0.3) is 0 Å². The molecule has 0 radical (unpaired) electrons. The standard InChI is InChI=1S/C39H25N3S2/c1-39-30-14-6-9-17-34(30)44-37(39)36(25-18-19-28-27-13-5-8-16-33(27)43-35(28)22-25)40-38(41-39)42-31-15-7-4-12-26(31)29-20-23-10-2-3-11-24(23)21-32(29)42/h2-22,37H,1H3. The summed E-state index contributed by atoms with van der Waals surface area (Å²) in [6.45, 7) is 2.30. The van der Waals surface area contributed by atoms with Gasteiger partial charge in [-0.1, -0.05) is 91.0 Å². The SMILES string of the molecule is CC12N=C(n3c4ccccc4c4cc5ccccc5cc43)N=C(c3ccc4c(c3)sc3ccccc34)C1Sc1ccccc12. The molecule has 2 unspecified atom stereocenters. The highest BCUT2D eigenvalue weighted by atomic mass is 32.2. The van der Waals surface area contributed by atoms with Crippen molar-refractivity contribution in [2.45, 2.75) is 22.6 Å². The minimum atomic E-state index is -0.461. The van der Waals surface area contributed by atoms with E-state index in [1.54, 1.807) is 0 Å². The Hall–Kier alpha value is -4.71. The maximum atomic E-state index is 5.59. The van der Waals surface area contributed by atoms with Gasteiger partial charge in [-0.05, 0) is 65.2 Å². The molecule has 5 heteroatoms. The number of rotatable bonds is 1. The van der Waals surface area contributed by atoms with E-state index in [0.29, 0.717) is 0 Å². The summed E-state index contributed by atoms with van der Waals surface area (Å²) in [6.07, 6.45) is 0. The Morgan fingerprint density at radius 2 is 1.36 bits per heavy atom. The minimum Gasteiger partial charge on any atom is -0.278 e. The van der Waals surface area contributed by atoms with Gasteiger partial charge >= 0.3 is 0 Å². The lowest BCUT2D eigenvalue weighted by molar-refractivity contribution is 0.527. The van der Waals surface area contributed by atoms with Gasteiger partial charge in [0.1, 0.15) is 5.54 Å². The van der Waals surface area contributed by atoms with Crippen molar-refractivity contribution in [2.75, 3.05) is 0 Å². The van der Waals surface area contributed by atoms with Crippen molar-refractivity contribution in [3.63, 3.8) is 0 Å². The first-order chi connectivity index (χ1) is 21.7. The van der Waals surface area contributed by atoms with Gasteiger partial charge in [0, 0.05) is 35.8 Å². The smallest absolute Gasteiger partial charge is 0.231 e. The highest BCUT2D eigenvalue weighted by molar-refractivity contribution is 8.01. The lowest BCUT2D eigenvalue weighted by Gasteiger charge is -2.33. The van der Waals surface area contributed by atoms with Crippen LogP contribution in [0.4, 0.5) is 0 Å². The third-order valence-corrected chi connectivity index (χ3v) is 12.1. The minimum absolute atomic E-state index is 0.0735. The third-order valence-electron chi connectivity index (χ3n) is 9.40. The molecule has 0 spiro atoms. The second-order valence-electron chi connectivity index (χ2n) is 11.9. The predicted octanol–water partition coefficient (Wildman–Crippen LogP) is 10.4. The largest absolute Gasteiger partial charge is 0.278 e. The molecule has 2 aliphatic rings. The topological polar surface area (TPSA) is 29.6 Å². The molecule has 2 aromatic heterocycles. The zero-order valence-electron chi connectivity index (χ0n) is 23.9. The molecule has 0 bridgehead atoms. The molecule has 0 saturated carbocycles. The summed E-state index contributed by atoms with van der Waals surface area (Å²) >= 11 is 3.75. The van der Waals surface area contributed by atoms with Gasteiger partial charge in [-0.25, -0.2) is 9.98 Å². The van der Waals surface area contributed by atoms with E-state index in [1.165, 1.54) is 57.7 Å². The normalized spacial score (nSPS) is 19.5. The number of aliphatic imine (C=N–C) groups is 2. The lowest BCUT2D eigenvalue weighted by atomic mass is 9.84. The quantitative estimate of drug-likeness (QED) is 0.185. The Bertz CT molecular complexity index is 2570. The molecule has 0 saturated heterocycles. The van der Waals surface area contributed by atoms with Gasteiger partial charge in [-0.3, -0.25) is 4.57 Å². The van der Waals surface area contributed by atoms with Crippen LogP contribution in [0, 0.1) is 0 Å². The number of fused-ring (bicyclic) bond motifs is 10. The molecule has 4 heterocycles. The molecule has 3 nitrogen and oxygen atoms in total. The number of nitrogens with zero attached hydrogens (tertiary/aromatic N) is 3.